The van der Waals surface area contributed by atoms with Crippen LogP contribution >= 0.6 is 11.3 Å². The van der Waals surface area contributed by atoms with Crippen LogP contribution in [0.1, 0.15) is 19.8 Å². The van der Waals surface area contributed by atoms with Gasteiger partial charge in [0.2, 0.25) is 5.95 Å². The zero-order chi connectivity index (χ0) is 29.7. The van der Waals surface area contributed by atoms with Crippen LogP contribution in [0.4, 0.5) is 20.8 Å². The Morgan fingerprint density at radius 1 is 1.10 bits per heavy atom. The summed E-state index contributed by atoms with van der Waals surface area (Å²) in [5, 5.41) is 6.40. The van der Waals surface area contributed by atoms with Gasteiger partial charge in [0.1, 0.15) is 5.01 Å². The molecule has 3 N–H and O–H groups in total. The molecule has 11 nitrogen and oxygen atoms in total. The molecule has 0 saturated carbocycles. The van der Waals surface area contributed by atoms with Gasteiger partial charge in [0, 0.05) is 43.0 Å². The molecule has 1 atom stereocenters. The number of nitrogens with one attached hydrogen (secondary N) is 3. The number of anilines is 2. The fourth-order valence-corrected chi connectivity index (χ4v) is 6.79. The highest BCUT2D eigenvalue weighted by molar-refractivity contribution is 7.90. The Morgan fingerprint density at radius 3 is 2.60 bits per heavy atom. The summed E-state index contributed by atoms with van der Waals surface area (Å²) in [6.07, 6.45) is 2.56. The number of carbonyl (C=O) groups is 1. The van der Waals surface area contributed by atoms with E-state index < -0.39 is 22.1 Å². The van der Waals surface area contributed by atoms with E-state index in [9.17, 15) is 13.2 Å². The number of amides is 1. The van der Waals surface area contributed by atoms with Crippen LogP contribution in [0, 0.1) is 5.82 Å². The number of rotatable bonds is 10. The maximum Gasteiger partial charge on any atom is 0.407 e. The van der Waals surface area contributed by atoms with Crippen molar-refractivity contribution in [3.05, 3.63) is 66.6 Å². The van der Waals surface area contributed by atoms with Gasteiger partial charge in [-0.05, 0) is 38.0 Å². The van der Waals surface area contributed by atoms with Crippen LogP contribution in [0.25, 0.3) is 32.4 Å². The Labute approximate surface area is 247 Å². The van der Waals surface area contributed by atoms with Gasteiger partial charge in [-0.2, -0.15) is 12.7 Å². The van der Waals surface area contributed by atoms with E-state index in [4.69, 9.17) is 4.98 Å². The first-order valence-corrected chi connectivity index (χ1v) is 15.6. The summed E-state index contributed by atoms with van der Waals surface area (Å²) in [6.45, 7) is 2.93. The van der Waals surface area contributed by atoms with E-state index in [1.807, 2.05) is 30.3 Å². The first-order chi connectivity index (χ1) is 20.2. The maximum atomic E-state index is 16.0. The molecule has 220 valence electrons. The summed E-state index contributed by atoms with van der Waals surface area (Å²) in [5.41, 5.74) is 1.64. The Bertz CT molecular complexity index is 1660. The first-order valence-electron chi connectivity index (χ1n) is 13.3. The van der Waals surface area contributed by atoms with E-state index in [0.717, 1.165) is 18.4 Å². The van der Waals surface area contributed by atoms with Gasteiger partial charge in [0.25, 0.3) is 0 Å². The van der Waals surface area contributed by atoms with Crippen LogP contribution in [0.5, 0.6) is 0 Å². The van der Waals surface area contributed by atoms with Gasteiger partial charge in [-0.15, -0.1) is 11.3 Å². The van der Waals surface area contributed by atoms with E-state index in [2.05, 4.69) is 30.1 Å². The molecule has 2 aromatic carbocycles. The summed E-state index contributed by atoms with van der Waals surface area (Å²) in [4.78, 5) is 25.8. The van der Waals surface area contributed by atoms with Crippen molar-refractivity contribution in [3.8, 4) is 32.4 Å². The Morgan fingerprint density at radius 2 is 1.86 bits per heavy atom. The molecule has 1 aliphatic rings. The number of ether oxygens (including phenoxy) is 1. The topological polar surface area (TPSA) is 138 Å². The highest BCUT2D eigenvalue weighted by Crippen LogP contribution is 2.42. The number of halogens is 1. The third-order valence-corrected chi connectivity index (χ3v) is 9.20. The highest BCUT2D eigenvalue weighted by Gasteiger charge is 2.28. The molecular weight excluding hydrogens is 581 g/mol. The fraction of sp³-hybridized carbons (Fsp3) is 0.286. The average molecular weight is 612 g/mol. The number of carbonyl (C=O) groups excluding carboxylic acids is 1. The van der Waals surface area contributed by atoms with Crippen molar-refractivity contribution < 1.29 is 22.3 Å². The molecule has 2 aromatic heterocycles. The quantitative estimate of drug-likeness (QED) is 0.228. The Balaban J connectivity index is 1.51. The molecule has 1 fully saturated rings. The number of thiazole rings is 1. The number of hydrogen-bond acceptors (Lipinski definition) is 9. The number of methoxy groups -OCH3 is 1. The molecule has 0 aliphatic carbocycles. The number of nitrogens with zero attached hydrogens (tertiary/aromatic N) is 4. The second-order valence-corrected chi connectivity index (χ2v) is 12.3. The fourth-order valence-electron chi connectivity index (χ4n) is 4.43. The van der Waals surface area contributed by atoms with E-state index in [1.54, 1.807) is 31.3 Å². The highest BCUT2D eigenvalue weighted by atomic mass is 32.2. The molecule has 4 aromatic rings. The molecule has 0 unspecified atom stereocenters. The molecule has 5 rings (SSSR count). The second kappa shape index (κ2) is 12.8. The van der Waals surface area contributed by atoms with Crippen molar-refractivity contribution in [1.82, 2.24) is 24.6 Å². The van der Waals surface area contributed by atoms with Gasteiger partial charge in [-0.1, -0.05) is 36.4 Å². The van der Waals surface area contributed by atoms with Gasteiger partial charge in [0.05, 0.1) is 29.1 Å². The van der Waals surface area contributed by atoms with Crippen molar-refractivity contribution in [1.29, 1.82) is 0 Å². The normalized spacial score (nSPS) is 14.4. The zero-order valence-corrected chi connectivity index (χ0v) is 24.6. The van der Waals surface area contributed by atoms with Crippen LogP contribution in [0.2, 0.25) is 0 Å². The van der Waals surface area contributed by atoms with Crippen LogP contribution < -0.4 is 15.4 Å². The van der Waals surface area contributed by atoms with Crippen LogP contribution in [0.15, 0.2) is 60.8 Å². The summed E-state index contributed by atoms with van der Waals surface area (Å²) >= 11 is 1.34. The summed E-state index contributed by atoms with van der Waals surface area (Å²) in [7, 11) is -2.61. The molecule has 1 saturated heterocycles. The van der Waals surface area contributed by atoms with E-state index >= 15 is 4.39 Å². The lowest BCUT2D eigenvalue weighted by molar-refractivity contribution is 0.168. The van der Waals surface area contributed by atoms with Crippen molar-refractivity contribution >= 4 is 39.3 Å². The lowest BCUT2D eigenvalue weighted by Crippen LogP contribution is -2.37. The first kappa shape index (κ1) is 29.4. The maximum absolute atomic E-state index is 16.0. The number of alkyl carbamates (subject to hydrolysis) is 1. The molecule has 42 heavy (non-hydrogen) atoms. The number of hydrogen-bond donors (Lipinski definition) is 3. The van der Waals surface area contributed by atoms with E-state index in [0.29, 0.717) is 46.9 Å². The van der Waals surface area contributed by atoms with Crippen molar-refractivity contribution in [3.63, 3.8) is 0 Å². The zero-order valence-electron chi connectivity index (χ0n) is 23.0. The van der Waals surface area contributed by atoms with Crippen LogP contribution in [-0.4, -0.2) is 66.6 Å². The number of benzene rings is 2. The lowest BCUT2D eigenvalue weighted by Gasteiger charge is -2.18. The van der Waals surface area contributed by atoms with Gasteiger partial charge < -0.3 is 15.4 Å². The van der Waals surface area contributed by atoms with E-state index in [1.165, 1.54) is 28.8 Å². The predicted molar refractivity (Wildman–Crippen MR) is 161 cm³/mol. The minimum Gasteiger partial charge on any atom is -0.453 e. The van der Waals surface area contributed by atoms with E-state index in [-0.39, 0.29) is 17.3 Å². The molecular formula is C28H30FN7O4S2. The number of aromatic nitrogens is 3. The molecule has 3 heterocycles. The third-order valence-electron chi connectivity index (χ3n) is 6.55. The SMILES string of the molecule is COC(=O)N[C@@H](C)CNc1nccc(-c2sc(-c3ccccc3)nc2-c2cccc(NS(=O)(=O)N3CCCC3)c2F)n1. The van der Waals surface area contributed by atoms with Crippen LogP contribution in [-0.2, 0) is 14.9 Å². The van der Waals surface area contributed by atoms with Crippen molar-refractivity contribution in [2.24, 2.45) is 0 Å². The van der Waals surface area contributed by atoms with Gasteiger partial charge in [0.15, 0.2) is 5.82 Å². The molecule has 0 radical (unpaired) electrons. The average Bonchev–Trinajstić information content (AvgIpc) is 3.70. The largest absolute Gasteiger partial charge is 0.453 e. The molecule has 0 bridgehead atoms. The summed E-state index contributed by atoms with van der Waals surface area (Å²) < 4.78 is 50.2. The van der Waals surface area contributed by atoms with Crippen molar-refractivity contribution in [2.45, 2.75) is 25.8 Å². The molecule has 1 aliphatic heterocycles. The van der Waals surface area contributed by atoms with Crippen molar-refractivity contribution in [2.75, 3.05) is 36.8 Å². The molecule has 0 spiro atoms. The lowest BCUT2D eigenvalue weighted by atomic mass is 10.1. The Hall–Kier alpha value is -4.14. The molecule has 14 heteroatoms. The van der Waals surface area contributed by atoms with Gasteiger partial charge in [-0.25, -0.2) is 24.1 Å². The summed E-state index contributed by atoms with van der Waals surface area (Å²) in [5.74, 6) is -0.430. The van der Waals surface area contributed by atoms with Gasteiger partial charge in [-0.3, -0.25) is 4.72 Å². The monoisotopic (exact) mass is 611 g/mol. The molecule has 1 amide bonds. The smallest absolute Gasteiger partial charge is 0.407 e. The minimum absolute atomic E-state index is 0.133. The summed E-state index contributed by atoms with van der Waals surface area (Å²) in [6, 6.07) is 15.5. The Kier molecular flexibility index (Phi) is 8.94. The predicted octanol–water partition coefficient (Wildman–Crippen LogP) is 4.98. The third kappa shape index (κ3) is 6.66. The van der Waals surface area contributed by atoms with Gasteiger partial charge >= 0.3 is 16.3 Å². The van der Waals surface area contributed by atoms with Crippen LogP contribution in [0.3, 0.4) is 0 Å². The minimum atomic E-state index is -3.90. The second-order valence-electron chi connectivity index (χ2n) is 9.63. The standard InChI is InChI=1S/C28H30FN7O4S2/c1-18(32-28(37)40-2)17-31-27-30-14-13-22(33-27)25-24(34-26(41-25)19-9-4-3-5-10-19)20-11-8-12-21(23(20)29)35-42(38,39)36-15-6-7-16-36/h3-5,8-14,18,35H,6-7,15-17H2,1-2H3,(H,32,37)(H,30,31,33)/t18-/m0/s1.